The third kappa shape index (κ3) is 3.94. The van der Waals surface area contributed by atoms with Crippen LogP contribution in [0.25, 0.3) is 0 Å². The number of hydrogen-bond donors (Lipinski definition) is 0. The summed E-state index contributed by atoms with van der Waals surface area (Å²) in [6, 6.07) is 5.94. The minimum Gasteiger partial charge on any atom is -0.312 e. The summed E-state index contributed by atoms with van der Waals surface area (Å²) in [4.78, 5) is 0.148. The van der Waals surface area contributed by atoms with Crippen LogP contribution in [0.1, 0.15) is 0 Å². The normalized spacial score (nSPS) is 12.8. The van der Waals surface area contributed by atoms with E-state index in [9.17, 15) is 8.42 Å². The molecule has 0 fully saturated rings. The molecule has 15 heavy (non-hydrogen) atoms. The maximum Gasteiger partial charge on any atom is 0.287 e. The molecule has 84 valence electrons. The summed E-state index contributed by atoms with van der Waals surface area (Å²) in [6.07, 6.45) is 0. The average molecular weight is 265 g/mol. The lowest BCUT2D eigenvalue weighted by molar-refractivity contribution is 0.486. The summed E-state index contributed by atoms with van der Waals surface area (Å²) in [5, 5.41) is 0.502. The summed E-state index contributed by atoms with van der Waals surface area (Å²) < 4.78 is 28.6. The van der Waals surface area contributed by atoms with E-state index in [0.717, 1.165) is 0 Å². The van der Waals surface area contributed by atoms with E-state index in [1.807, 2.05) is 19.6 Å². The first-order valence-electron chi connectivity index (χ1n) is 4.42. The SMILES string of the molecule is C[Si](C)(C)OS(=O)(=O)c1ccc(Cl)cc1. The largest absolute Gasteiger partial charge is 0.312 e. The van der Waals surface area contributed by atoms with Crippen LogP contribution in [0.2, 0.25) is 24.7 Å². The predicted molar refractivity (Wildman–Crippen MR) is 63.1 cm³/mol. The van der Waals surface area contributed by atoms with Gasteiger partial charge in [0.2, 0.25) is 8.32 Å². The summed E-state index contributed by atoms with van der Waals surface area (Å²) >= 11 is 5.67. The van der Waals surface area contributed by atoms with Gasteiger partial charge in [-0.3, -0.25) is 0 Å². The van der Waals surface area contributed by atoms with Crippen molar-refractivity contribution < 1.29 is 12.3 Å². The first-order chi connectivity index (χ1) is 6.71. The van der Waals surface area contributed by atoms with Crippen molar-refractivity contribution in [2.45, 2.75) is 24.5 Å². The molecule has 0 aliphatic rings. The van der Waals surface area contributed by atoms with Crippen molar-refractivity contribution in [2.75, 3.05) is 0 Å². The second kappa shape index (κ2) is 4.25. The first-order valence-corrected chi connectivity index (χ1v) is 9.61. The maximum absolute atomic E-state index is 11.7. The van der Waals surface area contributed by atoms with Crippen LogP contribution in [0.5, 0.6) is 0 Å². The van der Waals surface area contributed by atoms with E-state index in [4.69, 9.17) is 15.5 Å². The lowest BCUT2D eigenvalue weighted by atomic mass is 10.4. The molecular weight excluding hydrogens is 252 g/mol. The van der Waals surface area contributed by atoms with E-state index >= 15 is 0 Å². The van der Waals surface area contributed by atoms with Crippen molar-refractivity contribution >= 4 is 30.0 Å². The zero-order valence-electron chi connectivity index (χ0n) is 8.82. The molecule has 1 aromatic carbocycles. The standard InChI is InChI=1S/C9H13ClO3SSi/c1-15(2,3)13-14(11,12)9-6-4-8(10)5-7-9/h4-7H,1-3H3. The fourth-order valence-electron chi connectivity index (χ4n) is 0.978. The fraction of sp³-hybridized carbons (Fsp3) is 0.333. The molecule has 0 spiro atoms. The van der Waals surface area contributed by atoms with Crippen LogP contribution in [0.4, 0.5) is 0 Å². The van der Waals surface area contributed by atoms with Crippen molar-refractivity contribution in [1.29, 1.82) is 0 Å². The molecule has 0 aromatic heterocycles. The molecule has 0 saturated carbocycles. The van der Waals surface area contributed by atoms with Gasteiger partial charge >= 0.3 is 0 Å². The highest BCUT2D eigenvalue weighted by atomic mass is 35.5. The van der Waals surface area contributed by atoms with Gasteiger partial charge in [0.1, 0.15) is 0 Å². The minimum absolute atomic E-state index is 0.148. The van der Waals surface area contributed by atoms with E-state index in [-0.39, 0.29) is 4.90 Å². The predicted octanol–water partition coefficient (Wildman–Crippen LogP) is 2.88. The van der Waals surface area contributed by atoms with E-state index in [1.54, 1.807) is 0 Å². The summed E-state index contributed by atoms with van der Waals surface area (Å²) in [7, 11) is -5.74. The van der Waals surface area contributed by atoms with Crippen LogP contribution in [0.15, 0.2) is 29.2 Å². The molecule has 0 radical (unpaired) electrons. The molecule has 0 saturated heterocycles. The van der Waals surface area contributed by atoms with Crippen LogP contribution in [-0.4, -0.2) is 16.7 Å². The molecule has 6 heteroatoms. The topological polar surface area (TPSA) is 43.4 Å². The molecule has 0 N–H and O–H groups in total. The van der Waals surface area contributed by atoms with Crippen LogP contribution in [-0.2, 0) is 14.0 Å². The second-order valence-electron chi connectivity index (χ2n) is 4.10. The van der Waals surface area contributed by atoms with Gasteiger partial charge in [0.15, 0.2) is 0 Å². The Balaban J connectivity index is 3.02. The third-order valence-corrected chi connectivity index (χ3v) is 5.44. The second-order valence-corrected chi connectivity index (χ2v) is 10.8. The Labute approximate surface area is 96.3 Å². The first kappa shape index (κ1) is 12.7. The van der Waals surface area contributed by atoms with E-state index in [0.29, 0.717) is 5.02 Å². The van der Waals surface area contributed by atoms with Gasteiger partial charge in [0, 0.05) is 5.02 Å². The molecule has 0 aliphatic carbocycles. The van der Waals surface area contributed by atoms with Crippen molar-refractivity contribution in [3.63, 3.8) is 0 Å². The van der Waals surface area contributed by atoms with Crippen molar-refractivity contribution in [1.82, 2.24) is 0 Å². The number of halogens is 1. The quantitative estimate of drug-likeness (QED) is 0.789. The molecule has 0 heterocycles. The van der Waals surface area contributed by atoms with Crippen LogP contribution in [0.3, 0.4) is 0 Å². The summed E-state index contributed by atoms with van der Waals surface area (Å²) in [5.74, 6) is 0. The molecule has 0 bridgehead atoms. The minimum atomic E-state index is -3.63. The summed E-state index contributed by atoms with van der Waals surface area (Å²) in [5.41, 5.74) is 0. The Morgan fingerprint density at radius 2 is 1.60 bits per heavy atom. The molecular formula is C9H13ClO3SSi. The van der Waals surface area contributed by atoms with Gasteiger partial charge in [-0.15, -0.1) is 0 Å². The van der Waals surface area contributed by atoms with E-state index < -0.39 is 18.4 Å². The molecule has 3 nitrogen and oxygen atoms in total. The van der Waals surface area contributed by atoms with E-state index in [1.165, 1.54) is 24.3 Å². The van der Waals surface area contributed by atoms with Gasteiger partial charge in [-0.2, -0.15) is 8.42 Å². The smallest absolute Gasteiger partial charge is 0.287 e. The molecule has 0 aliphatic heterocycles. The monoisotopic (exact) mass is 264 g/mol. The molecule has 1 rings (SSSR count). The van der Waals surface area contributed by atoms with Crippen LogP contribution in [0, 0.1) is 0 Å². The van der Waals surface area contributed by atoms with Gasteiger partial charge < -0.3 is 3.87 Å². The van der Waals surface area contributed by atoms with Crippen molar-refractivity contribution in [3.8, 4) is 0 Å². The molecule has 0 unspecified atom stereocenters. The van der Waals surface area contributed by atoms with Gasteiger partial charge in [0.05, 0.1) is 4.90 Å². The Bertz CT molecular complexity index is 433. The lowest BCUT2D eigenvalue weighted by Gasteiger charge is -2.16. The highest BCUT2D eigenvalue weighted by molar-refractivity contribution is 7.87. The van der Waals surface area contributed by atoms with Crippen molar-refractivity contribution in [2.24, 2.45) is 0 Å². The van der Waals surface area contributed by atoms with E-state index in [2.05, 4.69) is 0 Å². The summed E-state index contributed by atoms with van der Waals surface area (Å²) in [6.45, 7) is 5.46. The fourth-order valence-corrected chi connectivity index (χ4v) is 4.59. The number of benzene rings is 1. The molecule has 0 atom stereocenters. The molecule has 1 aromatic rings. The lowest BCUT2D eigenvalue weighted by Crippen LogP contribution is -2.29. The highest BCUT2D eigenvalue weighted by Crippen LogP contribution is 2.19. The van der Waals surface area contributed by atoms with Crippen LogP contribution < -0.4 is 0 Å². The van der Waals surface area contributed by atoms with Gasteiger partial charge in [0.25, 0.3) is 10.1 Å². The highest BCUT2D eigenvalue weighted by Gasteiger charge is 2.25. The van der Waals surface area contributed by atoms with Crippen LogP contribution >= 0.6 is 11.6 Å². The average Bonchev–Trinajstić information content (AvgIpc) is 2.00. The maximum atomic E-state index is 11.7. The third-order valence-electron chi connectivity index (χ3n) is 1.46. The Hall–Kier alpha value is -0.363. The number of rotatable bonds is 3. The van der Waals surface area contributed by atoms with Crippen molar-refractivity contribution in [3.05, 3.63) is 29.3 Å². The Morgan fingerprint density at radius 1 is 1.13 bits per heavy atom. The Kier molecular flexibility index (Phi) is 3.60. The van der Waals surface area contributed by atoms with Gasteiger partial charge in [-0.1, -0.05) is 11.6 Å². The Morgan fingerprint density at radius 3 is 2.00 bits per heavy atom. The zero-order valence-corrected chi connectivity index (χ0v) is 11.4. The van der Waals surface area contributed by atoms with Gasteiger partial charge in [-0.05, 0) is 43.9 Å². The molecule has 0 amide bonds. The zero-order chi connectivity index (χ0) is 11.7. The number of hydrogen-bond acceptors (Lipinski definition) is 3. The van der Waals surface area contributed by atoms with Gasteiger partial charge in [-0.25, -0.2) is 0 Å².